The molecule has 1 fully saturated rings. The highest BCUT2D eigenvalue weighted by atomic mass is 16.2. The van der Waals surface area contributed by atoms with Gasteiger partial charge in [0.15, 0.2) is 0 Å². The van der Waals surface area contributed by atoms with Gasteiger partial charge >= 0.3 is 0 Å². The van der Waals surface area contributed by atoms with Crippen LogP contribution in [-0.2, 0) is 4.79 Å². The van der Waals surface area contributed by atoms with Crippen LogP contribution in [0.1, 0.15) is 33.1 Å². The van der Waals surface area contributed by atoms with Crippen molar-refractivity contribution in [3.8, 4) is 0 Å². The normalized spacial score (nSPS) is 30.4. The lowest BCUT2D eigenvalue weighted by Crippen LogP contribution is -2.52. The number of nitrogens with zero attached hydrogens (tertiary/aromatic N) is 1. The summed E-state index contributed by atoms with van der Waals surface area (Å²) in [5.74, 6) is 0.242. The molecule has 1 N–H and O–H groups in total. The molecule has 3 heteroatoms. The van der Waals surface area contributed by atoms with Gasteiger partial charge in [0.05, 0.1) is 5.54 Å². The van der Waals surface area contributed by atoms with Crippen LogP contribution in [0.5, 0.6) is 0 Å². The van der Waals surface area contributed by atoms with Crippen LogP contribution in [0.15, 0.2) is 0 Å². The molecule has 0 saturated carbocycles. The van der Waals surface area contributed by atoms with Gasteiger partial charge in [0.25, 0.3) is 0 Å². The van der Waals surface area contributed by atoms with E-state index in [1.807, 2.05) is 18.9 Å². The molecule has 0 radical (unpaired) electrons. The minimum atomic E-state index is -0.319. The molecule has 13 heavy (non-hydrogen) atoms. The fraction of sp³-hybridized carbons (Fsp3) is 0.900. The molecule has 1 atom stereocenters. The molecule has 0 aromatic rings. The van der Waals surface area contributed by atoms with Crippen molar-refractivity contribution < 1.29 is 4.79 Å². The van der Waals surface area contributed by atoms with Crippen LogP contribution in [-0.4, -0.2) is 36.5 Å². The Bertz CT molecular complexity index is 193. The van der Waals surface area contributed by atoms with Gasteiger partial charge < -0.3 is 10.2 Å². The van der Waals surface area contributed by atoms with Gasteiger partial charge in [-0.1, -0.05) is 13.3 Å². The Hall–Kier alpha value is -0.570. The third kappa shape index (κ3) is 2.21. The highest BCUT2D eigenvalue weighted by Crippen LogP contribution is 2.17. The molecule has 0 aromatic heterocycles. The number of nitrogens with one attached hydrogen (secondary N) is 1. The van der Waals surface area contributed by atoms with Crippen LogP contribution in [0.3, 0.4) is 0 Å². The zero-order valence-electron chi connectivity index (χ0n) is 8.89. The topological polar surface area (TPSA) is 32.3 Å². The Morgan fingerprint density at radius 1 is 1.62 bits per heavy atom. The number of carbonyl (C=O) groups is 1. The van der Waals surface area contributed by atoms with Gasteiger partial charge in [0, 0.05) is 13.6 Å². The van der Waals surface area contributed by atoms with Crippen molar-refractivity contribution >= 4 is 5.91 Å². The third-order valence-electron chi connectivity index (χ3n) is 2.75. The first-order valence-electron chi connectivity index (χ1n) is 5.11. The summed E-state index contributed by atoms with van der Waals surface area (Å²) in [6.45, 7) is 5.96. The van der Waals surface area contributed by atoms with Crippen LogP contribution >= 0.6 is 0 Å². The van der Waals surface area contributed by atoms with E-state index >= 15 is 0 Å². The Labute approximate surface area is 80.5 Å². The van der Waals surface area contributed by atoms with Crippen LogP contribution in [0.4, 0.5) is 0 Å². The van der Waals surface area contributed by atoms with E-state index in [2.05, 4.69) is 12.2 Å². The average Bonchev–Trinajstić information content (AvgIpc) is 2.20. The number of amides is 1. The monoisotopic (exact) mass is 184 g/mol. The van der Waals surface area contributed by atoms with Crippen LogP contribution < -0.4 is 5.32 Å². The summed E-state index contributed by atoms with van der Waals surface area (Å²) in [5.41, 5.74) is -0.319. The first-order chi connectivity index (χ1) is 6.10. The lowest BCUT2D eigenvalue weighted by Gasteiger charge is -2.30. The van der Waals surface area contributed by atoms with Crippen molar-refractivity contribution in [3.05, 3.63) is 0 Å². The lowest BCUT2D eigenvalue weighted by atomic mass is 9.95. The quantitative estimate of drug-likeness (QED) is 0.694. The zero-order valence-corrected chi connectivity index (χ0v) is 8.89. The lowest BCUT2D eigenvalue weighted by molar-refractivity contribution is -0.135. The summed E-state index contributed by atoms with van der Waals surface area (Å²) in [4.78, 5) is 13.8. The average molecular weight is 184 g/mol. The molecule has 1 aliphatic heterocycles. The maximum absolute atomic E-state index is 11.9. The van der Waals surface area contributed by atoms with Crippen LogP contribution in [0.25, 0.3) is 0 Å². The predicted molar refractivity (Wildman–Crippen MR) is 53.6 cm³/mol. The molecule has 1 amide bonds. The van der Waals surface area contributed by atoms with Crippen molar-refractivity contribution in [2.24, 2.45) is 0 Å². The predicted octanol–water partition coefficient (Wildman–Crippen LogP) is 0.997. The van der Waals surface area contributed by atoms with Crippen LogP contribution in [0, 0.1) is 0 Å². The second kappa shape index (κ2) is 4.09. The first-order valence-corrected chi connectivity index (χ1v) is 5.11. The smallest absolute Gasteiger partial charge is 0.242 e. The van der Waals surface area contributed by atoms with E-state index in [0.717, 1.165) is 32.4 Å². The van der Waals surface area contributed by atoms with E-state index < -0.39 is 0 Å². The van der Waals surface area contributed by atoms with Gasteiger partial charge in [0.1, 0.15) is 0 Å². The molecule has 0 spiro atoms. The van der Waals surface area contributed by atoms with E-state index in [4.69, 9.17) is 0 Å². The van der Waals surface area contributed by atoms with E-state index in [1.165, 1.54) is 0 Å². The molecule has 0 aliphatic carbocycles. The van der Waals surface area contributed by atoms with Gasteiger partial charge in [-0.3, -0.25) is 4.79 Å². The van der Waals surface area contributed by atoms with Gasteiger partial charge in [-0.25, -0.2) is 0 Å². The van der Waals surface area contributed by atoms with Crippen molar-refractivity contribution in [2.45, 2.75) is 38.6 Å². The number of likely N-dealkylation sites (N-methyl/N-ethyl adjacent to an activating group) is 1. The van der Waals surface area contributed by atoms with E-state index in [0.29, 0.717) is 0 Å². The minimum Gasteiger partial charge on any atom is -0.344 e. The van der Waals surface area contributed by atoms with Gasteiger partial charge in [-0.15, -0.1) is 0 Å². The van der Waals surface area contributed by atoms with Crippen molar-refractivity contribution in [2.75, 3.05) is 20.1 Å². The van der Waals surface area contributed by atoms with Gasteiger partial charge in [-0.05, 0) is 26.3 Å². The molecule has 1 rings (SSSR count). The molecule has 3 nitrogen and oxygen atoms in total. The van der Waals surface area contributed by atoms with Crippen LogP contribution in [0.2, 0.25) is 0 Å². The second-order valence-corrected chi connectivity index (χ2v) is 4.09. The maximum Gasteiger partial charge on any atom is 0.242 e. The fourth-order valence-electron chi connectivity index (χ4n) is 1.97. The number of hydrogen-bond acceptors (Lipinski definition) is 2. The molecule has 1 heterocycles. The van der Waals surface area contributed by atoms with Crippen molar-refractivity contribution in [1.29, 1.82) is 0 Å². The fourth-order valence-corrected chi connectivity index (χ4v) is 1.97. The Kier molecular flexibility index (Phi) is 3.31. The summed E-state index contributed by atoms with van der Waals surface area (Å²) in [5, 5.41) is 3.35. The summed E-state index contributed by atoms with van der Waals surface area (Å²) >= 11 is 0. The molecule has 1 unspecified atom stereocenters. The van der Waals surface area contributed by atoms with E-state index in [9.17, 15) is 4.79 Å². The highest BCUT2D eigenvalue weighted by molar-refractivity contribution is 5.86. The summed E-state index contributed by atoms with van der Waals surface area (Å²) < 4.78 is 0. The molecule has 76 valence electrons. The largest absolute Gasteiger partial charge is 0.344 e. The van der Waals surface area contributed by atoms with E-state index in [-0.39, 0.29) is 11.4 Å². The van der Waals surface area contributed by atoms with E-state index in [1.54, 1.807) is 0 Å². The zero-order chi connectivity index (χ0) is 9.90. The molecule has 1 aliphatic rings. The number of hydrogen-bond donors (Lipinski definition) is 1. The number of rotatable bonds is 2. The second-order valence-electron chi connectivity index (χ2n) is 4.09. The summed E-state index contributed by atoms with van der Waals surface area (Å²) in [6.07, 6.45) is 3.03. The highest BCUT2D eigenvalue weighted by Gasteiger charge is 2.35. The van der Waals surface area contributed by atoms with Gasteiger partial charge in [-0.2, -0.15) is 0 Å². The van der Waals surface area contributed by atoms with Crippen molar-refractivity contribution in [1.82, 2.24) is 10.2 Å². The summed E-state index contributed by atoms with van der Waals surface area (Å²) in [7, 11) is 1.89. The molecule has 0 bridgehead atoms. The third-order valence-corrected chi connectivity index (χ3v) is 2.75. The minimum absolute atomic E-state index is 0.242. The maximum atomic E-state index is 11.9. The van der Waals surface area contributed by atoms with Crippen molar-refractivity contribution in [3.63, 3.8) is 0 Å². The Balaban J connectivity index is 2.74. The molecular formula is C10H20N2O. The Morgan fingerprint density at radius 3 is 2.92 bits per heavy atom. The molecule has 0 aromatic carbocycles. The molecular weight excluding hydrogens is 164 g/mol. The standard InChI is InChI=1S/C10H20N2O/c1-4-6-10(2)9(13)12(3)8-5-7-11-10/h11H,4-8H2,1-3H3. The number of carbonyl (C=O) groups excluding carboxylic acids is 1. The Morgan fingerprint density at radius 2 is 2.31 bits per heavy atom. The molecule has 1 saturated heterocycles. The first kappa shape index (κ1) is 10.5. The SMILES string of the molecule is CCCC1(C)NCCCN(C)C1=O. The van der Waals surface area contributed by atoms with Gasteiger partial charge in [0.2, 0.25) is 5.91 Å². The summed E-state index contributed by atoms with van der Waals surface area (Å²) in [6, 6.07) is 0.